The van der Waals surface area contributed by atoms with Gasteiger partial charge in [-0.2, -0.15) is 0 Å². The van der Waals surface area contributed by atoms with Crippen LogP contribution in [0.5, 0.6) is 46.0 Å². The summed E-state index contributed by atoms with van der Waals surface area (Å²) in [7, 11) is 15.1. The monoisotopic (exact) mass is 1070 g/mol. The molecule has 0 spiro atoms. The van der Waals surface area contributed by atoms with Gasteiger partial charge in [-0.1, -0.05) is 97.1 Å². The molecule has 2 aliphatic rings. The van der Waals surface area contributed by atoms with Gasteiger partial charge in [0.15, 0.2) is 23.3 Å². The van der Waals surface area contributed by atoms with Crippen LogP contribution in [0.15, 0.2) is 121 Å². The molecule has 16 nitrogen and oxygen atoms in total. The molecule has 5 heterocycles. The van der Waals surface area contributed by atoms with E-state index in [9.17, 15) is 0 Å². The number of ether oxygens (including phenoxy) is 8. The number of methoxy groups -OCH3 is 8. The second-order valence-corrected chi connectivity index (χ2v) is 19.8. The molecule has 1 N–H and O–H groups in total. The van der Waals surface area contributed by atoms with E-state index in [1.54, 1.807) is 56.9 Å². The molecular formula is C65H48N8O8. The molecule has 0 radical (unpaired) electrons. The van der Waals surface area contributed by atoms with Crippen molar-refractivity contribution in [3.63, 3.8) is 0 Å². The third kappa shape index (κ3) is 6.46. The van der Waals surface area contributed by atoms with Gasteiger partial charge in [-0.05, 0) is 45.8 Å². The van der Waals surface area contributed by atoms with Gasteiger partial charge >= 0.3 is 0 Å². The largest absolute Gasteiger partial charge is 0.495 e. The van der Waals surface area contributed by atoms with Crippen molar-refractivity contribution >= 4 is 109 Å². The zero-order chi connectivity index (χ0) is 55.1. The summed E-state index contributed by atoms with van der Waals surface area (Å²) in [5, 5.41) is 12.7. The third-order valence-electron chi connectivity index (χ3n) is 16.0. The molecule has 396 valence electrons. The number of aromatic amines is 1. The molecule has 0 unspecified atom stereocenters. The number of benzene rings is 10. The summed E-state index contributed by atoms with van der Waals surface area (Å²) in [5.74, 6) is 5.34. The van der Waals surface area contributed by atoms with Crippen molar-refractivity contribution in [3.8, 4) is 91.5 Å². The Kier molecular flexibility index (Phi) is 10.5. The zero-order valence-corrected chi connectivity index (χ0v) is 45.4. The lowest BCUT2D eigenvalue weighted by Gasteiger charge is -2.17. The normalized spacial score (nSPS) is 12.0. The molecule has 15 rings (SSSR count). The summed E-state index contributed by atoms with van der Waals surface area (Å²) < 4.78 is 53.9. The van der Waals surface area contributed by atoms with Gasteiger partial charge in [-0.3, -0.25) is 0 Å². The molecule has 16 heteroatoms. The van der Waals surface area contributed by atoms with E-state index in [4.69, 9.17) is 67.8 Å². The Bertz CT molecular complexity index is 4840. The molecule has 0 atom stereocenters. The molecule has 0 amide bonds. The van der Waals surface area contributed by atoms with E-state index in [0.29, 0.717) is 112 Å². The Morgan fingerprint density at radius 2 is 0.556 bits per heavy atom. The number of fused-ring (bicyclic) bond motifs is 26. The summed E-state index contributed by atoms with van der Waals surface area (Å²) >= 11 is 0. The second kappa shape index (κ2) is 17.8. The maximum absolute atomic E-state index is 6.54. The number of rotatable bonds is 8. The average molecular weight is 1070 g/mol. The number of nitrogens with zero attached hydrogens (tertiary/aromatic N) is 7. The lowest BCUT2D eigenvalue weighted by Crippen LogP contribution is -1.98. The standard InChI is InChI=1S/C65H48N8O8/c1-73-64-48-49(53(77-5)37-25-17-16-24-36(37)52(48)76-4)65(73)72-63-47-45(55(79-7)39-27-31-19-11-13-21-33(31)29-41(39)57(47)81-9)61(70-63)68-59-43-42(50(74-2)34-22-14-15-23-35(34)51(43)75-3)58(66-59)67-60-44-46(62(69-60)71-64)56(80-8)40-28-32-20-12-10-18-30(32)26-38(40)54(44)78-6/h10-29H,1-9H3,(H,66,67,68,69,70,71,72). The van der Waals surface area contributed by atoms with Gasteiger partial charge in [0, 0.05) is 50.1 Å². The van der Waals surface area contributed by atoms with E-state index in [0.717, 1.165) is 64.6 Å². The van der Waals surface area contributed by atoms with Crippen molar-refractivity contribution in [1.82, 2.24) is 39.5 Å². The highest BCUT2D eigenvalue weighted by Crippen LogP contribution is 2.56. The summed E-state index contributed by atoms with van der Waals surface area (Å²) in [5.41, 5.74) is 3.80. The molecule has 0 fully saturated rings. The van der Waals surface area contributed by atoms with Crippen molar-refractivity contribution in [2.24, 2.45) is 7.05 Å². The van der Waals surface area contributed by atoms with Crippen LogP contribution in [0, 0.1) is 0 Å². The van der Waals surface area contributed by atoms with Crippen LogP contribution >= 0.6 is 0 Å². The number of aryl methyl sites for hydroxylation is 1. The van der Waals surface area contributed by atoms with E-state index >= 15 is 0 Å². The topological polar surface area (TPSA) is 172 Å². The van der Waals surface area contributed by atoms with Crippen molar-refractivity contribution in [3.05, 3.63) is 121 Å². The van der Waals surface area contributed by atoms with Gasteiger partial charge < -0.3 is 47.4 Å². The van der Waals surface area contributed by atoms with Crippen LogP contribution in [-0.4, -0.2) is 96.3 Å². The van der Waals surface area contributed by atoms with Gasteiger partial charge in [0.25, 0.3) is 0 Å². The van der Waals surface area contributed by atoms with Crippen LogP contribution in [0.2, 0.25) is 0 Å². The maximum Gasteiger partial charge on any atom is 0.168 e. The number of nitrogens with one attached hydrogen (secondary N) is 1. The van der Waals surface area contributed by atoms with Crippen LogP contribution in [0.1, 0.15) is 0 Å². The predicted octanol–water partition coefficient (Wildman–Crippen LogP) is 13.9. The van der Waals surface area contributed by atoms with E-state index in [2.05, 4.69) is 53.5 Å². The fraction of sp³-hybridized carbons (Fsp3) is 0.138. The van der Waals surface area contributed by atoms with Crippen LogP contribution < -0.4 is 37.9 Å². The Balaban J connectivity index is 1.24. The number of H-pyrrole nitrogens is 1. The molecule has 10 aromatic carbocycles. The maximum atomic E-state index is 6.54. The zero-order valence-electron chi connectivity index (χ0n) is 45.4. The van der Waals surface area contributed by atoms with E-state index in [-0.39, 0.29) is 23.3 Å². The molecule has 3 aromatic heterocycles. The van der Waals surface area contributed by atoms with E-state index in [1.807, 2.05) is 84.4 Å². The molecule has 81 heavy (non-hydrogen) atoms. The Morgan fingerprint density at radius 3 is 0.840 bits per heavy atom. The lowest BCUT2D eigenvalue weighted by atomic mass is 9.95. The average Bonchev–Trinajstić information content (AvgIpc) is 4.26. The summed E-state index contributed by atoms with van der Waals surface area (Å²) in [6.45, 7) is 0. The Hall–Kier alpha value is -10.5. The first-order valence-electron chi connectivity index (χ1n) is 26.1. The first kappa shape index (κ1) is 47.7. The molecule has 0 saturated heterocycles. The molecular weight excluding hydrogens is 1020 g/mol. The van der Waals surface area contributed by atoms with Gasteiger partial charge in [0.05, 0.1) is 101 Å². The molecule has 13 aromatic rings. The van der Waals surface area contributed by atoms with Gasteiger partial charge in [0.1, 0.15) is 68.6 Å². The van der Waals surface area contributed by atoms with E-state index in [1.165, 1.54) is 0 Å². The smallest absolute Gasteiger partial charge is 0.168 e. The van der Waals surface area contributed by atoms with Crippen molar-refractivity contribution in [1.29, 1.82) is 0 Å². The summed E-state index contributed by atoms with van der Waals surface area (Å²) in [4.78, 5) is 37.0. The summed E-state index contributed by atoms with van der Waals surface area (Å²) in [6.07, 6.45) is 0. The first-order valence-corrected chi connectivity index (χ1v) is 26.1. The minimum Gasteiger partial charge on any atom is -0.495 e. The van der Waals surface area contributed by atoms with Crippen LogP contribution in [-0.2, 0) is 7.05 Å². The predicted molar refractivity (Wildman–Crippen MR) is 318 cm³/mol. The number of hydrogen-bond acceptors (Lipinski definition) is 14. The highest BCUT2D eigenvalue weighted by atomic mass is 16.5. The molecule has 8 bridgehead atoms. The Morgan fingerprint density at radius 1 is 0.296 bits per heavy atom. The van der Waals surface area contributed by atoms with Crippen LogP contribution in [0.4, 0.5) is 0 Å². The molecule has 2 aliphatic heterocycles. The highest BCUT2D eigenvalue weighted by Gasteiger charge is 2.36. The van der Waals surface area contributed by atoms with E-state index < -0.39 is 0 Å². The fourth-order valence-electron chi connectivity index (χ4n) is 12.7. The van der Waals surface area contributed by atoms with Gasteiger partial charge in [0.2, 0.25) is 0 Å². The van der Waals surface area contributed by atoms with Crippen molar-refractivity contribution in [2.45, 2.75) is 0 Å². The lowest BCUT2D eigenvalue weighted by molar-refractivity contribution is 0.413. The van der Waals surface area contributed by atoms with Crippen molar-refractivity contribution < 1.29 is 37.9 Å². The van der Waals surface area contributed by atoms with Gasteiger partial charge in [-0.25, -0.2) is 29.9 Å². The fourth-order valence-corrected chi connectivity index (χ4v) is 12.7. The molecule has 0 saturated carbocycles. The minimum absolute atomic E-state index is 0.271. The van der Waals surface area contributed by atoms with Crippen LogP contribution in [0.25, 0.3) is 154 Å². The Labute approximate surface area is 461 Å². The quantitative estimate of drug-likeness (QED) is 0.142. The highest BCUT2D eigenvalue weighted by molar-refractivity contribution is 6.23. The van der Waals surface area contributed by atoms with Gasteiger partial charge in [-0.15, -0.1) is 0 Å². The minimum atomic E-state index is 0.271. The third-order valence-corrected chi connectivity index (χ3v) is 16.0. The summed E-state index contributed by atoms with van der Waals surface area (Å²) in [6, 6.07) is 40.7. The number of aromatic nitrogens is 8. The van der Waals surface area contributed by atoms with Crippen molar-refractivity contribution in [2.75, 3.05) is 56.9 Å². The number of hydrogen-bond donors (Lipinski definition) is 1. The molecule has 0 aliphatic carbocycles. The SMILES string of the molecule is COc1c2c(c(OC)c3cc4ccccc4cc13)-c1nc-2nc2[nH]c(nc3nc(nc4c5c(OC)c6ccccc6c(OC)c5c(n1)n4C)-c1c-3c(OC)c3cc4ccccc4cc3c1OC)c1c(OC)c3ccccc3c(OC)c21. The van der Waals surface area contributed by atoms with Crippen LogP contribution in [0.3, 0.4) is 0 Å². The second-order valence-electron chi connectivity index (χ2n) is 19.8. The first-order chi connectivity index (χ1) is 39.7.